The molecule has 0 saturated carbocycles. The Labute approximate surface area is 173 Å². The van der Waals surface area contributed by atoms with Gasteiger partial charge in [-0.1, -0.05) is 56.4 Å². The van der Waals surface area contributed by atoms with Crippen molar-refractivity contribution >= 4 is 11.7 Å². The van der Waals surface area contributed by atoms with Crippen molar-refractivity contribution < 1.29 is 9.47 Å². The Kier molecular flexibility index (Phi) is 9.55. The number of nitrogens with one attached hydrogen (secondary N) is 2. The number of amidine groups is 2. The summed E-state index contributed by atoms with van der Waals surface area (Å²) in [7, 11) is 0. The molecule has 0 radical (unpaired) electrons. The third kappa shape index (κ3) is 8.68. The maximum atomic E-state index is 7.45. The average molecular weight is 397 g/mol. The van der Waals surface area contributed by atoms with Crippen molar-refractivity contribution in [1.82, 2.24) is 0 Å². The molecule has 2 rings (SSSR count). The summed E-state index contributed by atoms with van der Waals surface area (Å²) in [4.78, 5) is 0. The number of rotatable bonds is 14. The second kappa shape index (κ2) is 12.4. The van der Waals surface area contributed by atoms with Gasteiger partial charge in [-0.25, -0.2) is 0 Å². The molecule has 0 amide bonds. The highest BCUT2D eigenvalue weighted by Crippen LogP contribution is 2.15. The van der Waals surface area contributed by atoms with Crippen LogP contribution in [0.2, 0.25) is 0 Å². The molecule has 0 aromatic heterocycles. The smallest absolute Gasteiger partial charge is 0.122 e. The molecule has 6 heteroatoms. The van der Waals surface area contributed by atoms with E-state index < -0.39 is 0 Å². The van der Waals surface area contributed by atoms with Crippen molar-refractivity contribution in [2.45, 2.75) is 44.9 Å². The van der Waals surface area contributed by atoms with Crippen molar-refractivity contribution in [1.29, 1.82) is 10.8 Å². The van der Waals surface area contributed by atoms with Gasteiger partial charge in [0, 0.05) is 11.1 Å². The normalized spacial score (nSPS) is 10.5. The molecule has 6 N–H and O–H groups in total. The van der Waals surface area contributed by atoms with Crippen LogP contribution in [0, 0.1) is 10.8 Å². The SMILES string of the molecule is N=C(N)c1cccc(OCCCCCCCCCOc2cccc(C(=N)N)c2)c1. The number of nitrogens with two attached hydrogens (primary N) is 2. The highest BCUT2D eigenvalue weighted by Gasteiger charge is 2.01. The molecule has 6 nitrogen and oxygen atoms in total. The summed E-state index contributed by atoms with van der Waals surface area (Å²) in [6.45, 7) is 1.38. The minimum Gasteiger partial charge on any atom is -0.494 e. The lowest BCUT2D eigenvalue weighted by Crippen LogP contribution is -2.11. The van der Waals surface area contributed by atoms with Crippen molar-refractivity contribution in [3.05, 3.63) is 59.7 Å². The zero-order valence-electron chi connectivity index (χ0n) is 17.0. The van der Waals surface area contributed by atoms with Crippen molar-refractivity contribution in [2.75, 3.05) is 13.2 Å². The fourth-order valence-corrected chi connectivity index (χ4v) is 2.97. The maximum absolute atomic E-state index is 7.45. The van der Waals surface area contributed by atoms with E-state index in [1.54, 1.807) is 12.1 Å². The predicted octanol–water partition coefficient (Wildman–Crippen LogP) is 4.44. The number of unbranched alkanes of at least 4 members (excludes halogenated alkanes) is 6. The number of nitrogen functional groups attached to an aromatic ring is 2. The van der Waals surface area contributed by atoms with E-state index in [4.69, 9.17) is 31.8 Å². The average Bonchev–Trinajstić information content (AvgIpc) is 2.72. The standard InChI is InChI=1S/C23H32N4O2/c24-22(25)18-10-8-12-20(16-18)28-14-6-4-2-1-3-5-7-15-29-21-13-9-11-19(17-21)23(26)27/h8-13,16-17H,1-7,14-15H2,(H3,24,25)(H3,26,27). The minimum absolute atomic E-state index is 0.0606. The van der Waals surface area contributed by atoms with Crippen molar-refractivity contribution in [3.8, 4) is 11.5 Å². The largest absolute Gasteiger partial charge is 0.494 e. The van der Waals surface area contributed by atoms with E-state index in [0.29, 0.717) is 24.3 Å². The topological polar surface area (TPSA) is 118 Å². The van der Waals surface area contributed by atoms with Crippen LogP contribution in [0.25, 0.3) is 0 Å². The summed E-state index contributed by atoms with van der Waals surface area (Å²) in [5.41, 5.74) is 12.4. The lowest BCUT2D eigenvalue weighted by molar-refractivity contribution is 0.299. The van der Waals surface area contributed by atoms with E-state index in [1.165, 1.54) is 19.3 Å². The fraction of sp³-hybridized carbons (Fsp3) is 0.391. The zero-order valence-corrected chi connectivity index (χ0v) is 17.0. The summed E-state index contributed by atoms with van der Waals surface area (Å²) < 4.78 is 11.5. The summed E-state index contributed by atoms with van der Waals surface area (Å²) in [5.74, 6) is 1.66. The van der Waals surface area contributed by atoms with Gasteiger partial charge in [0.2, 0.25) is 0 Å². The highest BCUT2D eigenvalue weighted by atomic mass is 16.5. The highest BCUT2D eigenvalue weighted by molar-refractivity contribution is 5.95. The van der Waals surface area contributed by atoms with Gasteiger partial charge < -0.3 is 20.9 Å². The number of hydrogen-bond acceptors (Lipinski definition) is 4. The number of ether oxygens (including phenoxy) is 2. The third-order valence-electron chi connectivity index (χ3n) is 4.62. The van der Waals surface area contributed by atoms with Crippen molar-refractivity contribution in [3.63, 3.8) is 0 Å². The van der Waals surface area contributed by atoms with E-state index in [2.05, 4.69) is 0 Å². The lowest BCUT2D eigenvalue weighted by Gasteiger charge is -2.08. The molecular formula is C23H32N4O2. The van der Waals surface area contributed by atoms with Crippen LogP contribution in [0.5, 0.6) is 11.5 Å². The first-order valence-corrected chi connectivity index (χ1v) is 10.2. The van der Waals surface area contributed by atoms with Crippen LogP contribution in [0.4, 0.5) is 0 Å². The fourth-order valence-electron chi connectivity index (χ4n) is 2.97. The van der Waals surface area contributed by atoms with Crippen LogP contribution in [-0.2, 0) is 0 Å². The van der Waals surface area contributed by atoms with E-state index in [-0.39, 0.29) is 11.7 Å². The quantitative estimate of drug-likeness (QED) is 0.214. The van der Waals surface area contributed by atoms with Gasteiger partial charge in [-0.2, -0.15) is 0 Å². The monoisotopic (exact) mass is 396 g/mol. The van der Waals surface area contributed by atoms with Gasteiger partial charge in [-0.3, -0.25) is 10.8 Å². The van der Waals surface area contributed by atoms with Crippen molar-refractivity contribution in [2.24, 2.45) is 11.5 Å². The molecule has 0 saturated heterocycles. The second-order valence-corrected chi connectivity index (χ2v) is 7.05. The van der Waals surface area contributed by atoms with Gasteiger partial charge in [0.15, 0.2) is 0 Å². The van der Waals surface area contributed by atoms with Crippen LogP contribution in [0.3, 0.4) is 0 Å². The molecule has 0 aliphatic heterocycles. The van der Waals surface area contributed by atoms with Gasteiger partial charge >= 0.3 is 0 Å². The molecule has 0 heterocycles. The molecule has 0 aliphatic carbocycles. The molecule has 29 heavy (non-hydrogen) atoms. The van der Waals surface area contributed by atoms with Crippen LogP contribution < -0.4 is 20.9 Å². The Balaban J connectivity index is 1.45. The third-order valence-corrected chi connectivity index (χ3v) is 4.62. The van der Waals surface area contributed by atoms with Crippen LogP contribution >= 0.6 is 0 Å². The van der Waals surface area contributed by atoms with E-state index in [1.807, 2.05) is 36.4 Å². The molecule has 0 unspecified atom stereocenters. The van der Waals surface area contributed by atoms with E-state index in [9.17, 15) is 0 Å². The van der Waals surface area contributed by atoms with Gasteiger partial charge in [0.05, 0.1) is 13.2 Å². The summed E-state index contributed by atoms with van der Waals surface area (Å²) in [6, 6.07) is 14.7. The Bertz CT molecular complexity index is 726. The molecule has 2 aromatic rings. The van der Waals surface area contributed by atoms with E-state index in [0.717, 1.165) is 37.2 Å². The molecule has 0 aliphatic rings. The molecule has 156 valence electrons. The number of benzene rings is 2. The predicted molar refractivity (Wildman–Crippen MR) is 118 cm³/mol. The lowest BCUT2D eigenvalue weighted by atomic mass is 10.1. The summed E-state index contributed by atoms with van der Waals surface area (Å²) in [5, 5.41) is 14.9. The summed E-state index contributed by atoms with van der Waals surface area (Å²) in [6.07, 6.45) is 8.00. The molecule has 2 aromatic carbocycles. The minimum atomic E-state index is 0.0606. The van der Waals surface area contributed by atoms with Crippen LogP contribution in [0.15, 0.2) is 48.5 Å². The van der Waals surface area contributed by atoms with Gasteiger partial charge in [-0.15, -0.1) is 0 Å². The molecule has 0 bridgehead atoms. The first-order chi connectivity index (χ1) is 14.1. The van der Waals surface area contributed by atoms with Crippen LogP contribution in [-0.4, -0.2) is 24.9 Å². The second-order valence-electron chi connectivity index (χ2n) is 7.05. The first-order valence-electron chi connectivity index (χ1n) is 10.2. The summed E-state index contributed by atoms with van der Waals surface area (Å²) >= 11 is 0. The molecular weight excluding hydrogens is 364 g/mol. The Morgan fingerprint density at radius 2 is 1.00 bits per heavy atom. The van der Waals surface area contributed by atoms with Gasteiger partial charge in [0.1, 0.15) is 23.2 Å². The maximum Gasteiger partial charge on any atom is 0.122 e. The molecule has 0 atom stereocenters. The van der Waals surface area contributed by atoms with E-state index >= 15 is 0 Å². The van der Waals surface area contributed by atoms with Gasteiger partial charge in [-0.05, 0) is 37.1 Å². The van der Waals surface area contributed by atoms with Gasteiger partial charge in [0.25, 0.3) is 0 Å². The number of hydrogen-bond donors (Lipinski definition) is 4. The van der Waals surface area contributed by atoms with Crippen LogP contribution in [0.1, 0.15) is 56.1 Å². The Morgan fingerprint density at radius 3 is 1.38 bits per heavy atom. The molecule has 0 spiro atoms. The Morgan fingerprint density at radius 1 is 0.621 bits per heavy atom. The Hall–Kier alpha value is -3.02. The molecule has 0 fully saturated rings. The first kappa shape index (κ1) is 22.3. The zero-order chi connectivity index (χ0) is 20.9.